The molecule has 2 atom stereocenters. The quantitative estimate of drug-likeness (QED) is 0.809. The van der Waals surface area contributed by atoms with Crippen LogP contribution in [0.3, 0.4) is 0 Å². The lowest BCUT2D eigenvalue weighted by Gasteiger charge is -2.21. The second kappa shape index (κ2) is 7.29. The summed E-state index contributed by atoms with van der Waals surface area (Å²) in [5.41, 5.74) is 5.86. The highest BCUT2D eigenvalue weighted by Crippen LogP contribution is 2.25. The molecule has 0 bridgehead atoms. The molecule has 1 amide bonds. The first-order valence-electron chi connectivity index (χ1n) is 7.35. The zero-order valence-corrected chi connectivity index (χ0v) is 12.1. The van der Waals surface area contributed by atoms with Gasteiger partial charge in [-0.2, -0.15) is 0 Å². The highest BCUT2D eigenvalue weighted by Gasteiger charge is 2.29. The van der Waals surface area contributed by atoms with Crippen LogP contribution in [0.4, 0.5) is 0 Å². The third kappa shape index (κ3) is 4.23. The summed E-state index contributed by atoms with van der Waals surface area (Å²) >= 11 is 0. The van der Waals surface area contributed by atoms with Crippen molar-refractivity contribution < 1.29 is 9.53 Å². The predicted octanol–water partition coefficient (Wildman–Crippen LogP) is 2.04. The van der Waals surface area contributed by atoms with Gasteiger partial charge in [0.1, 0.15) is 5.75 Å². The molecule has 0 saturated heterocycles. The molecule has 20 heavy (non-hydrogen) atoms. The first-order chi connectivity index (χ1) is 9.66. The van der Waals surface area contributed by atoms with Gasteiger partial charge in [0.15, 0.2) is 0 Å². The molecule has 1 aliphatic carbocycles. The first-order valence-corrected chi connectivity index (χ1v) is 7.35. The van der Waals surface area contributed by atoms with E-state index >= 15 is 0 Å². The van der Waals surface area contributed by atoms with E-state index in [0.717, 1.165) is 38.0 Å². The number of nitrogens with two attached hydrogens (primary N) is 1. The van der Waals surface area contributed by atoms with E-state index in [1.165, 1.54) is 0 Å². The number of rotatable bonds is 6. The average Bonchev–Trinajstić information content (AvgIpc) is 2.90. The molecule has 4 nitrogen and oxygen atoms in total. The molecule has 2 rings (SSSR count). The van der Waals surface area contributed by atoms with Gasteiger partial charge in [0.25, 0.3) is 0 Å². The average molecular weight is 276 g/mol. The molecule has 2 N–H and O–H groups in total. The van der Waals surface area contributed by atoms with Crippen molar-refractivity contribution in [1.82, 2.24) is 4.90 Å². The Bertz CT molecular complexity index is 422. The van der Waals surface area contributed by atoms with Crippen LogP contribution in [0.15, 0.2) is 30.3 Å². The second-order valence-corrected chi connectivity index (χ2v) is 5.54. The van der Waals surface area contributed by atoms with Crippen molar-refractivity contribution in [2.75, 3.05) is 20.2 Å². The molecule has 0 aromatic heterocycles. The van der Waals surface area contributed by atoms with Gasteiger partial charge in [-0.3, -0.25) is 4.79 Å². The van der Waals surface area contributed by atoms with Crippen molar-refractivity contribution in [1.29, 1.82) is 0 Å². The van der Waals surface area contributed by atoms with Crippen molar-refractivity contribution in [3.63, 3.8) is 0 Å². The Morgan fingerprint density at radius 1 is 1.35 bits per heavy atom. The monoisotopic (exact) mass is 276 g/mol. The Morgan fingerprint density at radius 2 is 2.10 bits per heavy atom. The largest absolute Gasteiger partial charge is 0.494 e. The fourth-order valence-corrected chi connectivity index (χ4v) is 2.67. The topological polar surface area (TPSA) is 55.6 Å². The molecule has 1 fully saturated rings. The highest BCUT2D eigenvalue weighted by atomic mass is 16.5. The lowest BCUT2D eigenvalue weighted by Crippen LogP contribution is -2.33. The maximum absolute atomic E-state index is 12.2. The smallest absolute Gasteiger partial charge is 0.225 e. The molecule has 0 heterocycles. The van der Waals surface area contributed by atoms with Crippen molar-refractivity contribution >= 4 is 5.91 Å². The van der Waals surface area contributed by atoms with Crippen LogP contribution >= 0.6 is 0 Å². The zero-order valence-electron chi connectivity index (χ0n) is 12.1. The predicted molar refractivity (Wildman–Crippen MR) is 79.5 cm³/mol. The molecule has 1 aromatic rings. The number of carbonyl (C=O) groups excluding carboxylic acids is 1. The maximum atomic E-state index is 12.2. The Hall–Kier alpha value is -1.55. The van der Waals surface area contributed by atoms with Crippen LogP contribution in [0.5, 0.6) is 5.75 Å². The summed E-state index contributed by atoms with van der Waals surface area (Å²) < 4.78 is 5.62. The highest BCUT2D eigenvalue weighted by molar-refractivity contribution is 5.78. The summed E-state index contributed by atoms with van der Waals surface area (Å²) in [7, 11) is 1.87. The molecule has 1 aromatic carbocycles. The lowest BCUT2D eigenvalue weighted by molar-refractivity contribution is -0.134. The third-order valence-corrected chi connectivity index (χ3v) is 3.85. The second-order valence-electron chi connectivity index (χ2n) is 5.54. The minimum Gasteiger partial charge on any atom is -0.494 e. The molecule has 4 heteroatoms. The van der Waals surface area contributed by atoms with E-state index in [-0.39, 0.29) is 17.9 Å². The summed E-state index contributed by atoms with van der Waals surface area (Å²) in [6.45, 7) is 1.36. The van der Waals surface area contributed by atoms with Gasteiger partial charge in [-0.25, -0.2) is 0 Å². The zero-order chi connectivity index (χ0) is 14.4. The number of ether oxygens (including phenoxy) is 1. The molecule has 110 valence electrons. The molecule has 0 radical (unpaired) electrons. The van der Waals surface area contributed by atoms with Crippen molar-refractivity contribution in [3.8, 4) is 5.75 Å². The summed E-state index contributed by atoms with van der Waals surface area (Å²) in [4.78, 5) is 14.0. The third-order valence-electron chi connectivity index (χ3n) is 3.85. The van der Waals surface area contributed by atoms with Gasteiger partial charge in [-0.05, 0) is 37.8 Å². The molecule has 1 saturated carbocycles. The molecular weight excluding hydrogens is 252 g/mol. The van der Waals surface area contributed by atoms with Gasteiger partial charge in [0.2, 0.25) is 5.91 Å². The summed E-state index contributed by atoms with van der Waals surface area (Å²) in [6, 6.07) is 9.96. The lowest BCUT2D eigenvalue weighted by atomic mass is 10.1. The van der Waals surface area contributed by atoms with Crippen LogP contribution in [0.25, 0.3) is 0 Å². The summed E-state index contributed by atoms with van der Waals surface area (Å²) in [6.07, 6.45) is 3.59. The molecule has 0 unspecified atom stereocenters. The molecule has 0 aliphatic heterocycles. The van der Waals surface area contributed by atoms with Crippen LogP contribution in [0, 0.1) is 5.92 Å². The van der Waals surface area contributed by atoms with Crippen molar-refractivity contribution in [2.24, 2.45) is 11.7 Å². The van der Waals surface area contributed by atoms with Gasteiger partial charge in [-0.15, -0.1) is 0 Å². The molecule has 1 aliphatic rings. The Labute approximate surface area is 120 Å². The SMILES string of the molecule is CN(CCCOc1ccccc1)C(=O)[C@@H]1CC[C@H](N)C1. The normalized spacial score (nSPS) is 21.7. The summed E-state index contributed by atoms with van der Waals surface area (Å²) in [5, 5.41) is 0. The molecule has 0 spiro atoms. The number of hydrogen-bond donors (Lipinski definition) is 1. The van der Waals surface area contributed by atoms with Gasteiger partial charge < -0.3 is 15.4 Å². The fraction of sp³-hybridized carbons (Fsp3) is 0.562. The number of nitrogens with zero attached hydrogens (tertiary/aromatic N) is 1. The van der Waals surface area contributed by atoms with Crippen LogP contribution < -0.4 is 10.5 Å². The minimum atomic E-state index is 0.130. The van der Waals surface area contributed by atoms with Crippen LogP contribution in [0.2, 0.25) is 0 Å². The minimum absolute atomic E-state index is 0.130. The Morgan fingerprint density at radius 3 is 2.75 bits per heavy atom. The Kier molecular flexibility index (Phi) is 5.41. The van der Waals surface area contributed by atoms with Crippen LogP contribution in [-0.4, -0.2) is 37.0 Å². The number of benzene rings is 1. The van der Waals surface area contributed by atoms with Crippen molar-refractivity contribution in [3.05, 3.63) is 30.3 Å². The summed E-state index contributed by atoms with van der Waals surface area (Å²) in [5.74, 6) is 1.24. The Balaban J connectivity index is 1.65. The number of amides is 1. The number of para-hydroxylation sites is 1. The van der Waals surface area contributed by atoms with Crippen LogP contribution in [-0.2, 0) is 4.79 Å². The number of hydrogen-bond acceptors (Lipinski definition) is 3. The van der Waals surface area contributed by atoms with E-state index in [9.17, 15) is 4.79 Å². The van der Waals surface area contributed by atoms with Gasteiger partial charge >= 0.3 is 0 Å². The standard InChI is InChI=1S/C16H24N2O2/c1-18(16(19)13-8-9-14(17)12-13)10-5-11-20-15-6-3-2-4-7-15/h2-4,6-7,13-14H,5,8-12,17H2,1H3/t13-,14+/m1/s1. The van der Waals surface area contributed by atoms with E-state index in [1.807, 2.05) is 42.3 Å². The van der Waals surface area contributed by atoms with E-state index in [1.54, 1.807) is 0 Å². The van der Waals surface area contributed by atoms with E-state index in [0.29, 0.717) is 6.61 Å². The maximum Gasteiger partial charge on any atom is 0.225 e. The van der Waals surface area contributed by atoms with E-state index in [2.05, 4.69) is 0 Å². The first kappa shape index (κ1) is 14.9. The van der Waals surface area contributed by atoms with Gasteiger partial charge in [0, 0.05) is 25.6 Å². The molecular formula is C16H24N2O2. The van der Waals surface area contributed by atoms with E-state index < -0.39 is 0 Å². The van der Waals surface area contributed by atoms with Crippen LogP contribution in [0.1, 0.15) is 25.7 Å². The fourth-order valence-electron chi connectivity index (χ4n) is 2.67. The number of carbonyl (C=O) groups is 1. The van der Waals surface area contributed by atoms with E-state index in [4.69, 9.17) is 10.5 Å². The van der Waals surface area contributed by atoms with Gasteiger partial charge in [-0.1, -0.05) is 18.2 Å². The van der Waals surface area contributed by atoms with Gasteiger partial charge in [0.05, 0.1) is 6.61 Å². The van der Waals surface area contributed by atoms with Crippen molar-refractivity contribution in [2.45, 2.75) is 31.7 Å².